The molecule has 2 aliphatic rings. The summed E-state index contributed by atoms with van der Waals surface area (Å²) in [7, 11) is 0. The quantitative estimate of drug-likeness (QED) is 0.510. The maximum Gasteiger partial charge on any atom is 0.270 e. The third kappa shape index (κ3) is 4.13. The highest BCUT2D eigenvalue weighted by Crippen LogP contribution is 2.45. The highest BCUT2D eigenvalue weighted by atomic mass is 79.9. The summed E-state index contributed by atoms with van der Waals surface area (Å²) in [6.07, 6.45) is 13.0. The molecule has 1 amide bonds. The van der Waals surface area contributed by atoms with Gasteiger partial charge >= 0.3 is 0 Å². The third-order valence-corrected chi connectivity index (χ3v) is 6.81. The second-order valence-electron chi connectivity index (χ2n) is 6.80. The Morgan fingerprint density at radius 2 is 1.77 bits per heavy atom. The number of carbonyl (C=O) groups excluding carboxylic acids is 1. The number of allylic oxidation sites excluding steroid dienone is 4. The minimum atomic E-state index is -1.73. The van der Waals surface area contributed by atoms with Gasteiger partial charge in [-0.05, 0) is 73.3 Å². The van der Waals surface area contributed by atoms with E-state index < -0.39 is 11.6 Å². The number of hydrogen-bond acceptors (Lipinski definition) is 3. The van der Waals surface area contributed by atoms with Gasteiger partial charge in [0.1, 0.15) is 12.5 Å². The van der Waals surface area contributed by atoms with E-state index in [-0.39, 0.29) is 5.91 Å². The molecule has 1 aliphatic carbocycles. The molecule has 4 rings (SSSR count). The molecule has 0 spiro atoms. The Morgan fingerprint density at radius 3 is 2.47 bits per heavy atom. The molecule has 0 bridgehead atoms. The zero-order valence-corrected chi connectivity index (χ0v) is 18.8. The van der Waals surface area contributed by atoms with Gasteiger partial charge in [0.25, 0.3) is 5.91 Å². The highest BCUT2D eigenvalue weighted by Gasteiger charge is 2.39. The van der Waals surface area contributed by atoms with Gasteiger partial charge in [-0.25, -0.2) is 4.39 Å². The summed E-state index contributed by atoms with van der Waals surface area (Å²) >= 11 is 6.95. The van der Waals surface area contributed by atoms with Gasteiger partial charge in [-0.1, -0.05) is 36.4 Å². The van der Waals surface area contributed by atoms with E-state index in [9.17, 15) is 4.79 Å². The molecule has 1 heterocycles. The first-order valence-electron chi connectivity index (χ1n) is 9.16. The number of ether oxygens (including phenoxy) is 1. The molecule has 152 valence electrons. The van der Waals surface area contributed by atoms with Crippen LogP contribution in [0.25, 0.3) is 0 Å². The fourth-order valence-electron chi connectivity index (χ4n) is 3.38. The van der Waals surface area contributed by atoms with Gasteiger partial charge in [0, 0.05) is 20.4 Å². The van der Waals surface area contributed by atoms with Crippen LogP contribution >= 0.6 is 31.9 Å². The van der Waals surface area contributed by atoms with E-state index >= 15 is 4.39 Å². The van der Waals surface area contributed by atoms with E-state index in [1.807, 2.05) is 30.4 Å². The van der Waals surface area contributed by atoms with Crippen LogP contribution in [0.2, 0.25) is 0 Å². The SMILES string of the molecule is O=C(NN1C=COC=C1)c1ccc(C2(F)C=CC=CC2c2ccc(Br)c(Br)c2)cc1. The molecule has 2 aromatic carbocycles. The van der Waals surface area contributed by atoms with Crippen LogP contribution in [0.3, 0.4) is 0 Å². The topological polar surface area (TPSA) is 41.6 Å². The highest BCUT2D eigenvalue weighted by molar-refractivity contribution is 9.13. The Labute approximate surface area is 190 Å². The molecule has 30 heavy (non-hydrogen) atoms. The van der Waals surface area contributed by atoms with Crippen LogP contribution in [0.4, 0.5) is 4.39 Å². The maximum absolute atomic E-state index is 16.3. The number of benzene rings is 2. The van der Waals surface area contributed by atoms with Crippen molar-refractivity contribution in [3.63, 3.8) is 0 Å². The van der Waals surface area contributed by atoms with Crippen LogP contribution in [0.15, 0.2) is 101 Å². The molecule has 0 saturated heterocycles. The van der Waals surface area contributed by atoms with Gasteiger partial charge < -0.3 is 4.74 Å². The lowest BCUT2D eigenvalue weighted by Crippen LogP contribution is -2.35. The number of alkyl halides is 1. The van der Waals surface area contributed by atoms with Crippen molar-refractivity contribution in [2.45, 2.75) is 11.6 Å². The lowest BCUT2D eigenvalue weighted by molar-refractivity contribution is 0.0879. The third-order valence-electron chi connectivity index (χ3n) is 4.93. The second-order valence-corrected chi connectivity index (χ2v) is 8.50. The van der Waals surface area contributed by atoms with E-state index in [4.69, 9.17) is 4.74 Å². The van der Waals surface area contributed by atoms with Crippen molar-refractivity contribution < 1.29 is 13.9 Å². The summed E-state index contributed by atoms with van der Waals surface area (Å²) in [4.78, 5) is 12.4. The number of rotatable bonds is 4. The van der Waals surface area contributed by atoms with Crippen LogP contribution in [-0.4, -0.2) is 10.9 Å². The largest absolute Gasteiger partial charge is 0.469 e. The van der Waals surface area contributed by atoms with Gasteiger partial charge in [-0.3, -0.25) is 15.2 Å². The van der Waals surface area contributed by atoms with Crippen molar-refractivity contribution in [1.29, 1.82) is 0 Å². The van der Waals surface area contributed by atoms with Crippen molar-refractivity contribution in [1.82, 2.24) is 10.4 Å². The molecule has 1 aliphatic heterocycles. The van der Waals surface area contributed by atoms with Crippen LogP contribution in [0, 0.1) is 0 Å². The number of nitrogens with one attached hydrogen (secondary N) is 1. The van der Waals surface area contributed by atoms with Gasteiger partial charge in [0.2, 0.25) is 0 Å². The summed E-state index contributed by atoms with van der Waals surface area (Å²) < 4.78 is 23.0. The number of hydrogen-bond donors (Lipinski definition) is 1. The van der Waals surface area contributed by atoms with Crippen molar-refractivity contribution in [2.75, 3.05) is 0 Å². The summed E-state index contributed by atoms with van der Waals surface area (Å²) in [5.41, 5.74) is 2.73. The first kappa shape index (κ1) is 20.6. The predicted octanol–water partition coefficient (Wildman–Crippen LogP) is 6.21. The fourth-order valence-corrected chi connectivity index (χ4v) is 4.02. The lowest BCUT2D eigenvalue weighted by Gasteiger charge is -2.32. The lowest BCUT2D eigenvalue weighted by atomic mass is 9.76. The molecule has 7 heteroatoms. The van der Waals surface area contributed by atoms with Crippen molar-refractivity contribution in [3.05, 3.63) is 117 Å². The molecule has 0 aromatic heterocycles. The Kier molecular flexibility index (Phi) is 5.92. The molecular formula is C23H17Br2FN2O2. The van der Waals surface area contributed by atoms with Gasteiger partial charge in [0.15, 0.2) is 5.67 Å². The molecular weight excluding hydrogens is 515 g/mol. The van der Waals surface area contributed by atoms with Crippen LogP contribution in [0.5, 0.6) is 0 Å². The van der Waals surface area contributed by atoms with Crippen molar-refractivity contribution >= 4 is 37.8 Å². The van der Waals surface area contributed by atoms with Crippen molar-refractivity contribution in [3.8, 4) is 0 Å². The van der Waals surface area contributed by atoms with E-state index in [0.717, 1.165) is 14.5 Å². The van der Waals surface area contributed by atoms with Crippen LogP contribution in [-0.2, 0) is 10.4 Å². The zero-order chi connectivity index (χ0) is 21.1. The van der Waals surface area contributed by atoms with Gasteiger partial charge in [0.05, 0.1) is 12.4 Å². The Hall–Kier alpha value is -2.64. The molecule has 0 fully saturated rings. The predicted molar refractivity (Wildman–Crippen MR) is 121 cm³/mol. The summed E-state index contributed by atoms with van der Waals surface area (Å²) in [6.45, 7) is 0. The van der Waals surface area contributed by atoms with E-state index in [0.29, 0.717) is 11.1 Å². The molecule has 4 nitrogen and oxygen atoms in total. The minimum absolute atomic E-state index is 0.307. The van der Waals surface area contributed by atoms with E-state index in [1.54, 1.807) is 48.8 Å². The van der Waals surface area contributed by atoms with Crippen LogP contribution in [0.1, 0.15) is 27.4 Å². The summed E-state index contributed by atoms with van der Waals surface area (Å²) in [5, 5.41) is 1.48. The van der Waals surface area contributed by atoms with Gasteiger partial charge in [-0.2, -0.15) is 0 Å². The molecule has 2 unspecified atom stereocenters. The summed E-state index contributed by atoms with van der Waals surface area (Å²) in [5.74, 6) is -0.798. The molecule has 0 radical (unpaired) electrons. The smallest absolute Gasteiger partial charge is 0.270 e. The fraction of sp³-hybridized carbons (Fsp3) is 0.0870. The number of hydrazine groups is 1. The number of nitrogens with zero attached hydrogens (tertiary/aromatic N) is 1. The number of amides is 1. The molecule has 0 saturated carbocycles. The first-order valence-corrected chi connectivity index (χ1v) is 10.7. The van der Waals surface area contributed by atoms with E-state index in [2.05, 4.69) is 37.3 Å². The number of carbonyl (C=O) groups is 1. The van der Waals surface area contributed by atoms with Crippen LogP contribution < -0.4 is 5.43 Å². The number of halogens is 3. The first-order chi connectivity index (χ1) is 14.5. The normalized spacial score (nSPS) is 22.1. The molecule has 1 N–H and O–H groups in total. The average Bonchev–Trinajstić information content (AvgIpc) is 2.77. The van der Waals surface area contributed by atoms with Crippen molar-refractivity contribution in [2.24, 2.45) is 0 Å². The average molecular weight is 532 g/mol. The maximum atomic E-state index is 16.3. The molecule has 2 aromatic rings. The Balaban J connectivity index is 1.59. The van der Waals surface area contributed by atoms with Gasteiger partial charge in [-0.15, -0.1) is 0 Å². The summed E-state index contributed by atoms with van der Waals surface area (Å²) in [6, 6.07) is 12.3. The van der Waals surface area contributed by atoms with E-state index in [1.165, 1.54) is 17.5 Å². The Morgan fingerprint density at radius 1 is 1.03 bits per heavy atom. The minimum Gasteiger partial charge on any atom is -0.469 e. The zero-order valence-electron chi connectivity index (χ0n) is 15.6. The molecule has 2 atom stereocenters. The second kappa shape index (κ2) is 8.62. The standard InChI is InChI=1S/C23H17Br2FN2O2/c24-20-9-6-17(15-21(20)25)19-3-1-2-10-23(19,26)18-7-4-16(5-8-18)22(29)27-28-11-13-30-14-12-28/h1-15,19H,(H,27,29). The monoisotopic (exact) mass is 530 g/mol. The Bertz CT molecular complexity index is 1070.